The van der Waals surface area contributed by atoms with E-state index < -0.39 is 0 Å². The fourth-order valence-electron chi connectivity index (χ4n) is 2.51. The minimum Gasteiger partial charge on any atom is -0.289 e. The zero-order valence-electron chi connectivity index (χ0n) is 14.5. The second-order valence-corrected chi connectivity index (χ2v) is 5.99. The number of carbonyl (C=O) groups is 1. The maximum Gasteiger partial charge on any atom is 0.261 e. The van der Waals surface area contributed by atoms with Crippen molar-refractivity contribution < 1.29 is 4.79 Å². The van der Waals surface area contributed by atoms with Crippen LogP contribution in [-0.4, -0.2) is 31.1 Å². The lowest BCUT2D eigenvalue weighted by Crippen LogP contribution is -2.13. The van der Waals surface area contributed by atoms with Gasteiger partial charge in [-0.05, 0) is 6.92 Å². The highest BCUT2D eigenvalue weighted by Crippen LogP contribution is 2.17. The third kappa shape index (κ3) is 3.72. The van der Waals surface area contributed by atoms with E-state index in [2.05, 4.69) is 30.5 Å². The van der Waals surface area contributed by atoms with Crippen LogP contribution in [0.5, 0.6) is 0 Å². The number of aromatic amines is 1. The lowest BCUT2D eigenvalue weighted by Gasteiger charge is -2.02. The van der Waals surface area contributed by atoms with Crippen LogP contribution in [0.2, 0.25) is 0 Å². The Labute approximate surface area is 155 Å². The average molecular weight is 356 g/mol. The standard InChI is InChI=1S/C20H16N6O/c1-13-7-9-15(10-8-13)18-23-20(26-25-18)24-19(27)16-11-21-17(22-12-16)14-5-3-2-4-6-14/h2-12H,1H3,(H2,23,24,25,26,27). The number of amides is 1. The third-order valence-corrected chi connectivity index (χ3v) is 3.98. The van der Waals surface area contributed by atoms with E-state index in [0.29, 0.717) is 17.2 Å². The van der Waals surface area contributed by atoms with Crippen LogP contribution in [0, 0.1) is 6.92 Å². The van der Waals surface area contributed by atoms with Crippen LogP contribution in [-0.2, 0) is 0 Å². The Morgan fingerprint density at radius 2 is 1.63 bits per heavy atom. The molecule has 0 bridgehead atoms. The number of nitrogens with one attached hydrogen (secondary N) is 2. The van der Waals surface area contributed by atoms with Gasteiger partial charge in [-0.2, -0.15) is 4.98 Å². The molecule has 132 valence electrons. The van der Waals surface area contributed by atoms with Gasteiger partial charge in [0, 0.05) is 23.5 Å². The van der Waals surface area contributed by atoms with Gasteiger partial charge in [-0.25, -0.2) is 9.97 Å². The molecule has 2 aromatic carbocycles. The van der Waals surface area contributed by atoms with Crippen LogP contribution in [0.3, 0.4) is 0 Å². The molecule has 0 radical (unpaired) electrons. The zero-order valence-corrected chi connectivity index (χ0v) is 14.5. The topological polar surface area (TPSA) is 96.5 Å². The molecule has 0 unspecified atom stereocenters. The summed E-state index contributed by atoms with van der Waals surface area (Å²) in [5, 5.41) is 9.51. The van der Waals surface area contributed by atoms with E-state index in [0.717, 1.165) is 16.7 Å². The highest BCUT2D eigenvalue weighted by molar-refractivity contribution is 6.03. The Morgan fingerprint density at radius 1 is 0.926 bits per heavy atom. The Hall–Kier alpha value is -3.87. The Kier molecular flexibility index (Phi) is 4.40. The van der Waals surface area contributed by atoms with E-state index in [1.807, 2.05) is 61.5 Å². The van der Waals surface area contributed by atoms with E-state index in [1.54, 1.807) is 0 Å². The molecular weight excluding hydrogens is 340 g/mol. The number of carbonyl (C=O) groups excluding carboxylic acids is 1. The van der Waals surface area contributed by atoms with Crippen LogP contribution in [0.1, 0.15) is 15.9 Å². The molecule has 2 N–H and O–H groups in total. The monoisotopic (exact) mass is 356 g/mol. The van der Waals surface area contributed by atoms with Gasteiger partial charge in [0.2, 0.25) is 5.95 Å². The molecule has 4 rings (SSSR count). The van der Waals surface area contributed by atoms with Crippen molar-refractivity contribution in [3.8, 4) is 22.8 Å². The van der Waals surface area contributed by atoms with E-state index in [4.69, 9.17) is 0 Å². The number of H-pyrrole nitrogens is 1. The molecule has 0 spiro atoms. The van der Waals surface area contributed by atoms with Crippen molar-refractivity contribution in [1.29, 1.82) is 0 Å². The molecule has 1 amide bonds. The van der Waals surface area contributed by atoms with Gasteiger partial charge in [0.25, 0.3) is 5.91 Å². The summed E-state index contributed by atoms with van der Waals surface area (Å²) in [7, 11) is 0. The number of aromatic nitrogens is 5. The summed E-state index contributed by atoms with van der Waals surface area (Å²) in [6.07, 6.45) is 2.97. The number of rotatable bonds is 4. The number of nitrogens with zero attached hydrogens (tertiary/aromatic N) is 4. The van der Waals surface area contributed by atoms with Crippen LogP contribution in [0.4, 0.5) is 5.95 Å². The average Bonchev–Trinajstić information content (AvgIpc) is 3.18. The Morgan fingerprint density at radius 3 is 2.33 bits per heavy atom. The molecular formula is C20H16N6O. The number of anilines is 1. The van der Waals surface area contributed by atoms with Gasteiger partial charge >= 0.3 is 0 Å². The molecule has 0 aliphatic heterocycles. The minimum atomic E-state index is -0.371. The smallest absolute Gasteiger partial charge is 0.261 e. The van der Waals surface area contributed by atoms with Gasteiger partial charge in [0.1, 0.15) is 0 Å². The molecule has 7 nitrogen and oxygen atoms in total. The van der Waals surface area contributed by atoms with E-state index in [-0.39, 0.29) is 11.9 Å². The first kappa shape index (κ1) is 16.6. The normalized spacial score (nSPS) is 10.6. The van der Waals surface area contributed by atoms with Crippen LogP contribution in [0.15, 0.2) is 67.0 Å². The molecule has 7 heteroatoms. The fourth-order valence-corrected chi connectivity index (χ4v) is 2.51. The SMILES string of the molecule is Cc1ccc(-c2nc(NC(=O)c3cnc(-c4ccccc4)nc3)n[nH]2)cc1. The molecule has 2 heterocycles. The maximum atomic E-state index is 12.4. The van der Waals surface area contributed by atoms with Crippen molar-refractivity contribution in [2.45, 2.75) is 6.92 Å². The highest BCUT2D eigenvalue weighted by atomic mass is 16.1. The predicted molar refractivity (Wildman–Crippen MR) is 102 cm³/mol. The van der Waals surface area contributed by atoms with E-state index in [9.17, 15) is 4.79 Å². The Bertz CT molecular complexity index is 1060. The van der Waals surface area contributed by atoms with Gasteiger partial charge in [-0.3, -0.25) is 15.2 Å². The molecule has 0 fully saturated rings. The summed E-state index contributed by atoms with van der Waals surface area (Å²) in [6, 6.07) is 17.4. The van der Waals surface area contributed by atoms with Crippen LogP contribution < -0.4 is 5.32 Å². The summed E-state index contributed by atoms with van der Waals surface area (Å²) in [5.74, 6) is 0.972. The minimum absolute atomic E-state index is 0.197. The lowest BCUT2D eigenvalue weighted by atomic mass is 10.1. The molecule has 0 aliphatic rings. The highest BCUT2D eigenvalue weighted by Gasteiger charge is 2.12. The van der Waals surface area contributed by atoms with Crippen molar-refractivity contribution in [1.82, 2.24) is 25.1 Å². The van der Waals surface area contributed by atoms with Crippen molar-refractivity contribution in [3.63, 3.8) is 0 Å². The molecule has 0 saturated carbocycles. The molecule has 0 saturated heterocycles. The predicted octanol–water partition coefficient (Wildman–Crippen LogP) is 3.49. The van der Waals surface area contributed by atoms with Crippen LogP contribution in [0.25, 0.3) is 22.8 Å². The second-order valence-electron chi connectivity index (χ2n) is 5.99. The van der Waals surface area contributed by atoms with Gasteiger partial charge in [-0.1, -0.05) is 60.2 Å². The molecule has 4 aromatic rings. The van der Waals surface area contributed by atoms with Crippen molar-refractivity contribution in [3.05, 3.63) is 78.1 Å². The van der Waals surface area contributed by atoms with Crippen molar-refractivity contribution in [2.75, 3.05) is 5.32 Å². The number of hydrogen-bond donors (Lipinski definition) is 2. The number of hydrogen-bond acceptors (Lipinski definition) is 5. The first-order valence-electron chi connectivity index (χ1n) is 8.37. The first-order valence-corrected chi connectivity index (χ1v) is 8.37. The van der Waals surface area contributed by atoms with Gasteiger partial charge in [0.15, 0.2) is 11.6 Å². The van der Waals surface area contributed by atoms with Gasteiger partial charge in [-0.15, -0.1) is 5.10 Å². The molecule has 0 atom stereocenters. The van der Waals surface area contributed by atoms with Crippen LogP contribution >= 0.6 is 0 Å². The summed E-state index contributed by atoms with van der Waals surface area (Å²) in [6.45, 7) is 2.01. The van der Waals surface area contributed by atoms with Crippen molar-refractivity contribution in [2.24, 2.45) is 0 Å². The quantitative estimate of drug-likeness (QED) is 0.583. The second kappa shape index (κ2) is 7.17. The summed E-state index contributed by atoms with van der Waals surface area (Å²) >= 11 is 0. The molecule has 2 aromatic heterocycles. The zero-order chi connectivity index (χ0) is 18.6. The summed E-state index contributed by atoms with van der Waals surface area (Å²) < 4.78 is 0. The van der Waals surface area contributed by atoms with E-state index >= 15 is 0 Å². The molecule has 0 aliphatic carbocycles. The number of aryl methyl sites for hydroxylation is 1. The maximum absolute atomic E-state index is 12.4. The van der Waals surface area contributed by atoms with Gasteiger partial charge < -0.3 is 0 Å². The largest absolute Gasteiger partial charge is 0.289 e. The lowest BCUT2D eigenvalue weighted by molar-refractivity contribution is 0.102. The third-order valence-electron chi connectivity index (χ3n) is 3.98. The summed E-state index contributed by atoms with van der Waals surface area (Å²) in [5.41, 5.74) is 3.27. The van der Waals surface area contributed by atoms with Gasteiger partial charge in [0.05, 0.1) is 5.56 Å². The number of benzene rings is 2. The van der Waals surface area contributed by atoms with E-state index in [1.165, 1.54) is 12.4 Å². The first-order chi connectivity index (χ1) is 13.2. The summed E-state index contributed by atoms with van der Waals surface area (Å²) in [4.78, 5) is 25.2. The molecule has 27 heavy (non-hydrogen) atoms. The van der Waals surface area contributed by atoms with Crippen molar-refractivity contribution >= 4 is 11.9 Å². The Balaban J connectivity index is 1.47. The fraction of sp³-hybridized carbons (Fsp3) is 0.0500.